The van der Waals surface area contributed by atoms with Crippen molar-refractivity contribution in [3.63, 3.8) is 0 Å². The second kappa shape index (κ2) is 8.16. The van der Waals surface area contributed by atoms with Crippen molar-refractivity contribution in [2.75, 3.05) is 11.9 Å². The van der Waals surface area contributed by atoms with E-state index in [1.54, 1.807) is 30.3 Å². The normalized spacial score (nSPS) is 15.6. The lowest BCUT2D eigenvalue weighted by atomic mass is 9.98. The SMILES string of the molecule is Cc1ccc(S(=O)(=O)c2ccc3c(c2)NCCC3NC(=O)O)c(-c2ccnc(Cl)n2)c1. The number of halogens is 1. The number of amides is 1. The Bertz CT molecular complexity index is 1280. The Morgan fingerprint density at radius 1 is 1.23 bits per heavy atom. The summed E-state index contributed by atoms with van der Waals surface area (Å²) in [4.78, 5) is 19.3. The zero-order chi connectivity index (χ0) is 22.2. The molecule has 4 rings (SSSR count). The molecule has 0 saturated carbocycles. The van der Waals surface area contributed by atoms with E-state index in [9.17, 15) is 13.2 Å². The van der Waals surface area contributed by atoms with Gasteiger partial charge in [-0.25, -0.2) is 23.2 Å². The van der Waals surface area contributed by atoms with Crippen LogP contribution in [0.5, 0.6) is 0 Å². The quantitative estimate of drug-likeness (QED) is 0.504. The predicted octanol–water partition coefficient (Wildman–Crippen LogP) is 4.06. The van der Waals surface area contributed by atoms with Crippen molar-refractivity contribution in [1.82, 2.24) is 15.3 Å². The minimum absolute atomic E-state index is 0.0253. The number of fused-ring (bicyclic) bond motifs is 1. The molecule has 0 aliphatic carbocycles. The van der Waals surface area contributed by atoms with Gasteiger partial charge in [0.1, 0.15) is 0 Å². The Kier molecular flexibility index (Phi) is 5.55. The number of sulfone groups is 1. The summed E-state index contributed by atoms with van der Waals surface area (Å²) in [6, 6.07) is 10.9. The lowest BCUT2D eigenvalue weighted by Crippen LogP contribution is -2.31. The summed E-state index contributed by atoms with van der Waals surface area (Å²) in [6.07, 6.45) is 0.923. The Morgan fingerprint density at radius 3 is 2.77 bits per heavy atom. The number of hydrogen-bond acceptors (Lipinski definition) is 6. The number of carbonyl (C=O) groups is 1. The van der Waals surface area contributed by atoms with E-state index < -0.39 is 22.0 Å². The smallest absolute Gasteiger partial charge is 0.405 e. The molecule has 10 heteroatoms. The molecule has 0 saturated heterocycles. The second-order valence-corrected chi connectivity index (χ2v) is 9.44. The van der Waals surface area contributed by atoms with Crippen LogP contribution < -0.4 is 10.6 Å². The average molecular weight is 459 g/mol. The fraction of sp³-hybridized carbons (Fsp3) is 0.190. The molecule has 3 aromatic rings. The van der Waals surface area contributed by atoms with Gasteiger partial charge in [0.25, 0.3) is 0 Å². The Labute approximate surface area is 184 Å². The molecular formula is C21H19ClN4O4S. The molecule has 2 heterocycles. The van der Waals surface area contributed by atoms with Crippen molar-refractivity contribution in [3.8, 4) is 11.3 Å². The van der Waals surface area contributed by atoms with E-state index in [1.165, 1.54) is 18.3 Å². The lowest BCUT2D eigenvalue weighted by Gasteiger charge is -2.27. The topological polar surface area (TPSA) is 121 Å². The maximum absolute atomic E-state index is 13.6. The number of benzene rings is 2. The van der Waals surface area contributed by atoms with E-state index >= 15 is 0 Å². The largest absolute Gasteiger partial charge is 0.465 e. The molecule has 1 aromatic heterocycles. The van der Waals surface area contributed by atoms with Crippen LogP contribution in [0.1, 0.15) is 23.6 Å². The summed E-state index contributed by atoms with van der Waals surface area (Å²) in [5, 5.41) is 14.7. The maximum Gasteiger partial charge on any atom is 0.405 e. The molecule has 0 bridgehead atoms. The van der Waals surface area contributed by atoms with Crippen LogP contribution >= 0.6 is 11.6 Å². The second-order valence-electron chi connectivity index (χ2n) is 7.18. The maximum atomic E-state index is 13.6. The minimum Gasteiger partial charge on any atom is -0.465 e. The molecular weight excluding hydrogens is 440 g/mol. The fourth-order valence-corrected chi connectivity index (χ4v) is 5.28. The highest BCUT2D eigenvalue weighted by molar-refractivity contribution is 7.91. The zero-order valence-electron chi connectivity index (χ0n) is 16.5. The molecule has 31 heavy (non-hydrogen) atoms. The van der Waals surface area contributed by atoms with Gasteiger partial charge in [-0.1, -0.05) is 17.7 Å². The van der Waals surface area contributed by atoms with Crippen LogP contribution in [0.3, 0.4) is 0 Å². The molecule has 8 nitrogen and oxygen atoms in total. The Balaban J connectivity index is 1.81. The molecule has 1 aliphatic rings. The first-order chi connectivity index (χ1) is 14.8. The van der Waals surface area contributed by atoms with Gasteiger partial charge in [-0.2, -0.15) is 0 Å². The van der Waals surface area contributed by atoms with E-state index in [4.69, 9.17) is 16.7 Å². The van der Waals surface area contributed by atoms with Gasteiger partial charge in [0.2, 0.25) is 15.1 Å². The molecule has 2 aromatic carbocycles. The fourth-order valence-electron chi connectivity index (χ4n) is 3.66. The average Bonchev–Trinajstić information content (AvgIpc) is 2.73. The number of nitrogens with one attached hydrogen (secondary N) is 2. The number of nitrogens with zero attached hydrogens (tertiary/aromatic N) is 2. The van der Waals surface area contributed by atoms with Crippen LogP contribution in [0.2, 0.25) is 5.28 Å². The first-order valence-electron chi connectivity index (χ1n) is 9.47. The molecule has 160 valence electrons. The van der Waals surface area contributed by atoms with Crippen LogP contribution in [-0.2, 0) is 9.84 Å². The highest BCUT2D eigenvalue weighted by atomic mass is 35.5. The third-order valence-electron chi connectivity index (χ3n) is 5.08. The van der Waals surface area contributed by atoms with E-state index in [1.807, 2.05) is 6.92 Å². The van der Waals surface area contributed by atoms with Crippen molar-refractivity contribution >= 4 is 33.2 Å². The highest BCUT2D eigenvalue weighted by Crippen LogP contribution is 2.36. The van der Waals surface area contributed by atoms with Gasteiger partial charge in [-0.3, -0.25) is 0 Å². The number of anilines is 1. The van der Waals surface area contributed by atoms with Crippen LogP contribution in [0.25, 0.3) is 11.3 Å². The first kappa shape index (κ1) is 21.1. The number of aromatic nitrogens is 2. The number of carboxylic acid groups (broad SMARTS) is 1. The molecule has 1 aliphatic heterocycles. The molecule has 0 radical (unpaired) electrons. The van der Waals surface area contributed by atoms with Crippen molar-refractivity contribution < 1.29 is 18.3 Å². The van der Waals surface area contributed by atoms with E-state index in [0.717, 1.165) is 5.56 Å². The number of rotatable bonds is 4. The van der Waals surface area contributed by atoms with Crippen molar-refractivity contribution in [3.05, 3.63) is 65.1 Å². The highest BCUT2D eigenvalue weighted by Gasteiger charge is 2.27. The van der Waals surface area contributed by atoms with Crippen molar-refractivity contribution in [2.45, 2.75) is 29.2 Å². The summed E-state index contributed by atoms with van der Waals surface area (Å²) in [5.74, 6) is 0. The lowest BCUT2D eigenvalue weighted by molar-refractivity contribution is 0.189. The summed E-state index contributed by atoms with van der Waals surface area (Å²) in [6.45, 7) is 2.39. The summed E-state index contributed by atoms with van der Waals surface area (Å²) in [7, 11) is -3.90. The van der Waals surface area contributed by atoms with Crippen LogP contribution in [0.15, 0.2) is 58.5 Å². The third kappa shape index (κ3) is 4.19. The van der Waals surface area contributed by atoms with E-state index in [-0.39, 0.29) is 15.1 Å². The van der Waals surface area contributed by atoms with Gasteiger partial charge in [-0.05, 0) is 60.8 Å². The monoisotopic (exact) mass is 458 g/mol. The van der Waals surface area contributed by atoms with Gasteiger partial charge in [-0.15, -0.1) is 0 Å². The molecule has 3 N–H and O–H groups in total. The van der Waals surface area contributed by atoms with Gasteiger partial charge >= 0.3 is 6.09 Å². The molecule has 1 atom stereocenters. The van der Waals surface area contributed by atoms with E-state index in [0.29, 0.717) is 35.5 Å². The van der Waals surface area contributed by atoms with Crippen molar-refractivity contribution in [1.29, 1.82) is 0 Å². The van der Waals surface area contributed by atoms with Crippen LogP contribution in [0.4, 0.5) is 10.5 Å². The Hall–Kier alpha value is -3.17. The minimum atomic E-state index is -3.90. The molecule has 0 fully saturated rings. The molecule has 1 amide bonds. The standard InChI is InChI=1S/C21H19ClN4O4S/c1-12-2-5-19(15(10-12)17-7-9-24-20(22)25-17)31(29,30)13-3-4-14-16(26-21(27)28)6-8-23-18(14)11-13/h2-5,7,9-11,16,23,26H,6,8H2,1H3,(H,27,28). The summed E-state index contributed by atoms with van der Waals surface area (Å²) in [5.41, 5.74) is 3.01. The van der Waals surface area contributed by atoms with Crippen LogP contribution in [-0.4, -0.2) is 36.1 Å². The molecule has 0 spiro atoms. The van der Waals surface area contributed by atoms with Gasteiger partial charge in [0.05, 0.1) is 21.5 Å². The summed E-state index contributed by atoms with van der Waals surface area (Å²) >= 11 is 5.92. The number of hydrogen-bond donors (Lipinski definition) is 3. The first-order valence-corrected chi connectivity index (χ1v) is 11.3. The Morgan fingerprint density at radius 2 is 2.03 bits per heavy atom. The molecule has 1 unspecified atom stereocenters. The van der Waals surface area contributed by atoms with Gasteiger partial charge in [0, 0.05) is 24.0 Å². The van der Waals surface area contributed by atoms with E-state index in [2.05, 4.69) is 20.6 Å². The van der Waals surface area contributed by atoms with Gasteiger partial charge in [0.15, 0.2) is 0 Å². The summed E-state index contributed by atoms with van der Waals surface area (Å²) < 4.78 is 27.1. The predicted molar refractivity (Wildman–Crippen MR) is 116 cm³/mol. The van der Waals surface area contributed by atoms with Crippen LogP contribution in [0, 0.1) is 6.92 Å². The zero-order valence-corrected chi connectivity index (χ0v) is 18.0. The van der Waals surface area contributed by atoms with Crippen molar-refractivity contribution in [2.24, 2.45) is 0 Å². The van der Waals surface area contributed by atoms with Gasteiger partial charge < -0.3 is 15.7 Å². The number of aryl methyl sites for hydroxylation is 1. The third-order valence-corrected chi connectivity index (χ3v) is 7.08.